The molecule has 0 saturated heterocycles. The van der Waals surface area contributed by atoms with E-state index in [0.717, 1.165) is 25.4 Å². The number of hydrogen-bond donors (Lipinski definition) is 1. The maximum atomic E-state index is 4.54. The zero-order valence-electron chi connectivity index (χ0n) is 14.4. The molecule has 1 unspecified atom stereocenters. The summed E-state index contributed by atoms with van der Waals surface area (Å²) >= 11 is 0. The van der Waals surface area contributed by atoms with E-state index in [0.29, 0.717) is 11.5 Å². The molecule has 1 atom stereocenters. The van der Waals surface area contributed by atoms with Crippen molar-refractivity contribution in [1.29, 1.82) is 0 Å². The fourth-order valence-corrected chi connectivity index (χ4v) is 3.50. The summed E-state index contributed by atoms with van der Waals surface area (Å²) in [6.45, 7) is 11.4. The van der Waals surface area contributed by atoms with Gasteiger partial charge in [-0.25, -0.2) is 0 Å². The van der Waals surface area contributed by atoms with Crippen LogP contribution in [-0.2, 0) is 6.54 Å². The van der Waals surface area contributed by atoms with Gasteiger partial charge in [0.2, 0.25) is 0 Å². The fourth-order valence-electron chi connectivity index (χ4n) is 3.50. The van der Waals surface area contributed by atoms with E-state index in [1.165, 1.54) is 37.7 Å². The van der Waals surface area contributed by atoms with Gasteiger partial charge in [-0.05, 0) is 56.4 Å². The van der Waals surface area contributed by atoms with Gasteiger partial charge >= 0.3 is 0 Å². The van der Waals surface area contributed by atoms with Gasteiger partial charge in [0.25, 0.3) is 0 Å². The Labute approximate surface area is 130 Å². The van der Waals surface area contributed by atoms with Crippen LogP contribution >= 0.6 is 0 Å². The molecule has 1 aliphatic rings. The van der Waals surface area contributed by atoms with E-state index in [1.54, 1.807) is 0 Å². The molecule has 0 radical (unpaired) electrons. The van der Waals surface area contributed by atoms with E-state index in [9.17, 15) is 0 Å². The minimum Gasteiger partial charge on any atom is -0.310 e. The quantitative estimate of drug-likeness (QED) is 0.798. The molecular weight excluding hydrogens is 258 g/mol. The third-order valence-corrected chi connectivity index (χ3v) is 4.93. The first-order chi connectivity index (χ1) is 10.1. The number of hydrogen-bond acceptors (Lipinski definition) is 2. The third kappa shape index (κ3) is 4.57. The lowest BCUT2D eigenvalue weighted by Gasteiger charge is -2.38. The second-order valence-electron chi connectivity index (χ2n) is 7.47. The molecular formula is C18H33N3. The molecule has 0 bridgehead atoms. The van der Waals surface area contributed by atoms with Crippen molar-refractivity contribution in [1.82, 2.24) is 15.1 Å². The molecule has 1 aromatic rings. The van der Waals surface area contributed by atoms with Crippen molar-refractivity contribution >= 4 is 0 Å². The summed E-state index contributed by atoms with van der Waals surface area (Å²) in [5.74, 6) is 0.767. The highest BCUT2D eigenvalue weighted by Gasteiger charge is 2.32. The van der Waals surface area contributed by atoms with Crippen LogP contribution in [-0.4, -0.2) is 16.3 Å². The smallest absolute Gasteiger partial charge is 0.0537 e. The molecule has 0 spiro atoms. The van der Waals surface area contributed by atoms with Crippen molar-refractivity contribution in [2.24, 2.45) is 11.3 Å². The minimum absolute atomic E-state index is 0.492. The van der Waals surface area contributed by atoms with Gasteiger partial charge in [0.15, 0.2) is 0 Å². The first-order valence-corrected chi connectivity index (χ1v) is 8.81. The highest BCUT2D eigenvalue weighted by molar-refractivity contribution is 5.12. The van der Waals surface area contributed by atoms with Gasteiger partial charge in [-0.3, -0.25) is 4.68 Å². The van der Waals surface area contributed by atoms with Crippen molar-refractivity contribution in [2.75, 3.05) is 6.54 Å². The van der Waals surface area contributed by atoms with E-state index in [1.807, 2.05) is 0 Å². The average molecular weight is 291 g/mol. The van der Waals surface area contributed by atoms with Crippen molar-refractivity contribution in [3.63, 3.8) is 0 Å². The highest BCUT2D eigenvalue weighted by atomic mass is 15.3. The molecule has 2 rings (SSSR count). The van der Waals surface area contributed by atoms with E-state index in [2.05, 4.69) is 55.2 Å². The van der Waals surface area contributed by atoms with Crippen LogP contribution in [0.5, 0.6) is 0 Å². The van der Waals surface area contributed by atoms with Crippen LogP contribution in [0.4, 0.5) is 0 Å². The van der Waals surface area contributed by atoms with Gasteiger partial charge < -0.3 is 5.32 Å². The van der Waals surface area contributed by atoms with E-state index in [4.69, 9.17) is 0 Å². The molecule has 1 fully saturated rings. The Morgan fingerprint density at radius 3 is 2.62 bits per heavy atom. The van der Waals surface area contributed by atoms with Gasteiger partial charge in [-0.1, -0.05) is 27.7 Å². The highest BCUT2D eigenvalue weighted by Crippen LogP contribution is 2.42. The third-order valence-electron chi connectivity index (χ3n) is 4.93. The molecule has 3 heteroatoms. The fraction of sp³-hybridized carbons (Fsp3) is 0.833. The first kappa shape index (κ1) is 16.5. The molecule has 3 nitrogen and oxygen atoms in total. The van der Waals surface area contributed by atoms with Crippen LogP contribution in [0.25, 0.3) is 0 Å². The summed E-state index contributed by atoms with van der Waals surface area (Å²) in [6, 6.07) is 0.492. The molecule has 21 heavy (non-hydrogen) atoms. The number of aromatic nitrogens is 2. The molecule has 1 aromatic heterocycles. The second kappa shape index (κ2) is 7.44. The minimum atomic E-state index is 0.492. The summed E-state index contributed by atoms with van der Waals surface area (Å²) in [6.07, 6.45) is 12.1. The van der Waals surface area contributed by atoms with Crippen molar-refractivity contribution in [3.05, 3.63) is 18.0 Å². The van der Waals surface area contributed by atoms with Crippen molar-refractivity contribution < 1.29 is 0 Å². The van der Waals surface area contributed by atoms with E-state index >= 15 is 0 Å². The van der Waals surface area contributed by atoms with Crippen LogP contribution in [0.3, 0.4) is 0 Å². The van der Waals surface area contributed by atoms with Gasteiger partial charge in [0.1, 0.15) is 0 Å². The SMILES string of the molecule is CCCNC(c1cnn(CCC)c1)C1CCC(C)(C)CC1. The second-order valence-corrected chi connectivity index (χ2v) is 7.47. The van der Waals surface area contributed by atoms with Crippen molar-refractivity contribution in [2.45, 2.75) is 78.8 Å². The Kier molecular flexibility index (Phi) is 5.86. The zero-order valence-corrected chi connectivity index (χ0v) is 14.4. The summed E-state index contributed by atoms with van der Waals surface area (Å²) in [5, 5.41) is 8.32. The Morgan fingerprint density at radius 1 is 1.29 bits per heavy atom. The zero-order chi connectivity index (χ0) is 15.3. The first-order valence-electron chi connectivity index (χ1n) is 8.81. The molecule has 1 aliphatic carbocycles. The summed E-state index contributed by atoms with van der Waals surface area (Å²) in [7, 11) is 0. The topological polar surface area (TPSA) is 29.9 Å². The number of rotatable bonds is 7. The summed E-state index contributed by atoms with van der Waals surface area (Å²) < 4.78 is 2.10. The number of nitrogens with zero attached hydrogens (tertiary/aromatic N) is 2. The summed E-state index contributed by atoms with van der Waals surface area (Å²) in [4.78, 5) is 0. The monoisotopic (exact) mass is 291 g/mol. The van der Waals surface area contributed by atoms with Crippen LogP contribution in [0.1, 0.15) is 77.8 Å². The van der Waals surface area contributed by atoms with Gasteiger partial charge in [0, 0.05) is 24.3 Å². The lowest BCUT2D eigenvalue weighted by atomic mass is 9.70. The number of aryl methyl sites for hydroxylation is 1. The molecule has 0 aliphatic heterocycles. The standard InChI is InChI=1S/C18H33N3/c1-5-11-19-17(15-7-9-18(3,4)10-8-15)16-13-20-21(14-16)12-6-2/h13-15,17,19H,5-12H2,1-4H3. The molecule has 0 aromatic carbocycles. The summed E-state index contributed by atoms with van der Waals surface area (Å²) in [5.41, 5.74) is 1.93. The average Bonchev–Trinajstić information content (AvgIpc) is 2.89. The predicted molar refractivity (Wildman–Crippen MR) is 89.3 cm³/mol. The lowest BCUT2D eigenvalue weighted by molar-refractivity contribution is 0.161. The molecule has 1 heterocycles. The predicted octanol–water partition coefficient (Wildman–Crippen LogP) is 4.55. The maximum Gasteiger partial charge on any atom is 0.0537 e. The van der Waals surface area contributed by atoms with Gasteiger partial charge in [-0.15, -0.1) is 0 Å². The Hall–Kier alpha value is -0.830. The molecule has 1 N–H and O–H groups in total. The van der Waals surface area contributed by atoms with Gasteiger partial charge in [-0.2, -0.15) is 5.10 Å². The van der Waals surface area contributed by atoms with Crippen LogP contribution in [0.15, 0.2) is 12.4 Å². The van der Waals surface area contributed by atoms with E-state index in [-0.39, 0.29) is 0 Å². The van der Waals surface area contributed by atoms with Crippen molar-refractivity contribution in [3.8, 4) is 0 Å². The van der Waals surface area contributed by atoms with Crippen LogP contribution < -0.4 is 5.32 Å². The molecule has 1 saturated carbocycles. The normalized spacial score (nSPS) is 20.6. The maximum absolute atomic E-state index is 4.54. The molecule has 0 amide bonds. The van der Waals surface area contributed by atoms with Gasteiger partial charge in [0.05, 0.1) is 6.20 Å². The Bertz CT molecular complexity index is 412. The lowest BCUT2D eigenvalue weighted by Crippen LogP contribution is -2.33. The van der Waals surface area contributed by atoms with Crippen LogP contribution in [0.2, 0.25) is 0 Å². The Morgan fingerprint density at radius 2 is 2.00 bits per heavy atom. The Balaban J connectivity index is 2.06. The molecule has 120 valence electrons. The number of nitrogens with one attached hydrogen (secondary N) is 1. The largest absolute Gasteiger partial charge is 0.310 e. The van der Waals surface area contributed by atoms with Crippen LogP contribution in [0, 0.1) is 11.3 Å². The van der Waals surface area contributed by atoms with E-state index < -0.39 is 0 Å².